The summed E-state index contributed by atoms with van der Waals surface area (Å²) in [7, 11) is 0. The molecule has 0 saturated heterocycles. The molecule has 0 bridgehead atoms. The van der Waals surface area contributed by atoms with Crippen LogP contribution in [-0.2, 0) is 4.74 Å². The number of ether oxygens (including phenoxy) is 2. The minimum atomic E-state index is 0.00111. The summed E-state index contributed by atoms with van der Waals surface area (Å²) < 4.78 is 11.4. The smallest absolute Gasteiger partial charge is 0.120 e. The van der Waals surface area contributed by atoms with Crippen LogP contribution in [-0.4, -0.2) is 31.5 Å². The van der Waals surface area contributed by atoms with Gasteiger partial charge in [0.25, 0.3) is 0 Å². The average Bonchev–Trinajstić information content (AvgIpc) is 3.23. The molecule has 0 spiro atoms. The first-order valence-corrected chi connectivity index (χ1v) is 10.7. The summed E-state index contributed by atoms with van der Waals surface area (Å²) in [5, 5.41) is 13.6. The van der Waals surface area contributed by atoms with Crippen molar-refractivity contribution in [3.63, 3.8) is 0 Å². The molecule has 3 nitrogen and oxygen atoms in total. The third kappa shape index (κ3) is 9.62. The molecule has 0 aliphatic rings. The van der Waals surface area contributed by atoms with Gasteiger partial charge in [0.05, 0.1) is 19.8 Å². The molecular formula is C25H30O3S. The quantitative estimate of drug-likeness (QED) is 0.309. The molecule has 2 rings (SSSR count). The average molecular weight is 411 g/mol. The second kappa shape index (κ2) is 12.3. The fourth-order valence-corrected chi connectivity index (χ4v) is 3.08. The van der Waals surface area contributed by atoms with E-state index in [9.17, 15) is 5.11 Å². The largest absolute Gasteiger partial charge is 0.491 e. The van der Waals surface area contributed by atoms with Gasteiger partial charge in [0, 0.05) is 5.41 Å². The number of hydrogen-bond acceptors (Lipinski definition) is 4. The van der Waals surface area contributed by atoms with Gasteiger partial charge < -0.3 is 14.6 Å². The summed E-state index contributed by atoms with van der Waals surface area (Å²) in [6, 6.07) is 10.2. The van der Waals surface area contributed by atoms with E-state index in [-0.39, 0.29) is 12.0 Å². The first-order valence-electron chi connectivity index (χ1n) is 9.77. The number of benzene rings is 1. The van der Waals surface area contributed by atoms with Crippen molar-refractivity contribution in [2.75, 3.05) is 26.4 Å². The number of rotatable bonds is 10. The zero-order chi connectivity index (χ0) is 21.0. The van der Waals surface area contributed by atoms with Gasteiger partial charge in [-0.1, -0.05) is 36.1 Å². The molecule has 0 saturated carbocycles. The van der Waals surface area contributed by atoms with E-state index in [1.165, 1.54) is 5.56 Å². The molecule has 0 amide bonds. The molecule has 4 heteroatoms. The van der Waals surface area contributed by atoms with E-state index >= 15 is 0 Å². The van der Waals surface area contributed by atoms with Crippen LogP contribution >= 0.6 is 11.3 Å². The van der Waals surface area contributed by atoms with Crippen LogP contribution in [0.5, 0.6) is 5.75 Å². The van der Waals surface area contributed by atoms with E-state index < -0.39 is 0 Å². The second-order valence-electron chi connectivity index (χ2n) is 7.61. The Morgan fingerprint density at radius 2 is 2.03 bits per heavy atom. The van der Waals surface area contributed by atoms with Gasteiger partial charge in [-0.3, -0.25) is 0 Å². The Bertz CT molecular complexity index is 846. The molecule has 154 valence electrons. The Hall–Kier alpha value is -2.32. The predicted molar refractivity (Wildman–Crippen MR) is 122 cm³/mol. The molecule has 1 heterocycles. The first-order chi connectivity index (χ1) is 14.0. The third-order valence-electron chi connectivity index (χ3n) is 3.91. The Morgan fingerprint density at radius 1 is 1.17 bits per heavy atom. The Labute approximate surface area is 178 Å². The van der Waals surface area contributed by atoms with Gasteiger partial charge in [-0.15, -0.1) is 0 Å². The van der Waals surface area contributed by atoms with Gasteiger partial charge in [0.1, 0.15) is 12.4 Å². The maximum absolute atomic E-state index is 9.45. The van der Waals surface area contributed by atoms with Crippen LogP contribution in [0.4, 0.5) is 0 Å². The number of aliphatic hydroxyl groups excluding tert-OH is 1. The van der Waals surface area contributed by atoms with E-state index in [0.29, 0.717) is 26.2 Å². The van der Waals surface area contributed by atoms with Crippen molar-refractivity contribution in [2.24, 2.45) is 5.41 Å². The number of allylic oxidation sites excluding steroid dienone is 2. The highest BCUT2D eigenvalue weighted by Gasteiger charge is 2.02. The van der Waals surface area contributed by atoms with Crippen molar-refractivity contribution >= 4 is 11.3 Å². The summed E-state index contributed by atoms with van der Waals surface area (Å²) in [6.07, 6.45) is 6.39. The fraction of sp³-hybridized carbons (Fsp3) is 0.360. The van der Waals surface area contributed by atoms with Crippen molar-refractivity contribution in [3.05, 3.63) is 64.9 Å². The number of hydrogen-bond donors (Lipinski definition) is 1. The highest BCUT2D eigenvalue weighted by Crippen LogP contribution is 2.25. The lowest BCUT2D eigenvalue weighted by molar-refractivity contribution is 0.120. The molecule has 1 N–H and O–H groups in total. The van der Waals surface area contributed by atoms with Crippen molar-refractivity contribution in [2.45, 2.75) is 27.2 Å². The molecule has 1 aromatic heterocycles. The van der Waals surface area contributed by atoms with Crippen LogP contribution in [0.25, 0.3) is 11.1 Å². The van der Waals surface area contributed by atoms with Crippen LogP contribution in [0.3, 0.4) is 0 Å². The Kier molecular flexibility index (Phi) is 9.73. The monoisotopic (exact) mass is 410 g/mol. The molecular weight excluding hydrogens is 380 g/mol. The van der Waals surface area contributed by atoms with Gasteiger partial charge in [-0.2, -0.15) is 11.3 Å². The third-order valence-corrected chi connectivity index (χ3v) is 4.59. The van der Waals surface area contributed by atoms with E-state index in [1.807, 2.05) is 36.4 Å². The van der Waals surface area contributed by atoms with Crippen LogP contribution in [0.15, 0.2) is 64.9 Å². The molecule has 1 aromatic carbocycles. The summed E-state index contributed by atoms with van der Waals surface area (Å²) in [5.74, 6) is 7.02. The van der Waals surface area contributed by atoms with E-state index in [2.05, 4.69) is 55.5 Å². The maximum atomic E-state index is 9.45. The Balaban J connectivity index is 1.68. The molecule has 0 aliphatic carbocycles. The second-order valence-corrected chi connectivity index (χ2v) is 8.39. The van der Waals surface area contributed by atoms with Crippen molar-refractivity contribution in [1.29, 1.82) is 0 Å². The highest BCUT2D eigenvalue weighted by atomic mass is 32.1. The standard InChI is InChI=1S/C25H30O3S/c1-25(2,3)13-6-4-5-8-21(19-26)11-14-27-15-16-28-24-10-7-9-22(18-24)23-12-17-29-20-23/h4-5,7,9-12,17-18,20,26H,8,14-16,19H2,1-3H3/b5-4+,21-11+. The van der Waals surface area contributed by atoms with Crippen molar-refractivity contribution in [3.8, 4) is 28.7 Å². The van der Waals surface area contributed by atoms with Gasteiger partial charge in [-0.05, 0) is 78.9 Å². The molecule has 0 aliphatic heterocycles. The van der Waals surface area contributed by atoms with Crippen LogP contribution in [0.2, 0.25) is 0 Å². The molecule has 0 radical (unpaired) electrons. The zero-order valence-electron chi connectivity index (χ0n) is 17.5. The van der Waals surface area contributed by atoms with Crippen molar-refractivity contribution < 1.29 is 14.6 Å². The molecule has 0 unspecified atom stereocenters. The van der Waals surface area contributed by atoms with Gasteiger partial charge >= 0.3 is 0 Å². The first kappa shape index (κ1) is 23.0. The van der Waals surface area contributed by atoms with Gasteiger partial charge in [-0.25, -0.2) is 0 Å². The lowest BCUT2D eigenvalue weighted by Crippen LogP contribution is -2.07. The number of aliphatic hydroxyl groups is 1. The van der Waals surface area contributed by atoms with Crippen LogP contribution in [0, 0.1) is 17.3 Å². The SMILES string of the molecule is CC(C)(C)C#C/C=C/C/C(=C\COCCOc1cccc(-c2ccsc2)c1)CO. The molecule has 2 aromatic rings. The fourth-order valence-electron chi connectivity index (χ4n) is 2.41. The molecule has 29 heavy (non-hydrogen) atoms. The predicted octanol–water partition coefficient (Wildman–Crippen LogP) is 5.73. The summed E-state index contributed by atoms with van der Waals surface area (Å²) in [6.45, 7) is 7.68. The van der Waals surface area contributed by atoms with Gasteiger partial charge in [0.15, 0.2) is 0 Å². The van der Waals surface area contributed by atoms with E-state index in [4.69, 9.17) is 9.47 Å². The molecule has 0 atom stereocenters. The Morgan fingerprint density at radius 3 is 2.76 bits per heavy atom. The van der Waals surface area contributed by atoms with E-state index in [1.54, 1.807) is 11.3 Å². The zero-order valence-corrected chi connectivity index (χ0v) is 18.3. The lowest BCUT2D eigenvalue weighted by atomic mass is 9.98. The van der Waals surface area contributed by atoms with Gasteiger partial charge in [0.2, 0.25) is 0 Å². The van der Waals surface area contributed by atoms with E-state index in [0.717, 1.165) is 16.9 Å². The van der Waals surface area contributed by atoms with Crippen LogP contribution < -0.4 is 4.74 Å². The minimum Gasteiger partial charge on any atom is -0.491 e. The summed E-state index contributed by atoms with van der Waals surface area (Å²) >= 11 is 1.68. The summed E-state index contributed by atoms with van der Waals surface area (Å²) in [5.41, 5.74) is 3.28. The normalized spacial score (nSPS) is 12.1. The van der Waals surface area contributed by atoms with Crippen molar-refractivity contribution in [1.82, 2.24) is 0 Å². The lowest BCUT2D eigenvalue weighted by Gasteiger charge is -2.08. The minimum absolute atomic E-state index is 0.00111. The number of thiophene rings is 1. The maximum Gasteiger partial charge on any atom is 0.120 e. The topological polar surface area (TPSA) is 38.7 Å². The van der Waals surface area contributed by atoms with Crippen LogP contribution in [0.1, 0.15) is 27.2 Å². The molecule has 0 fully saturated rings. The summed E-state index contributed by atoms with van der Waals surface area (Å²) in [4.78, 5) is 0. The highest BCUT2D eigenvalue weighted by molar-refractivity contribution is 7.08.